The maximum absolute atomic E-state index is 8.63. The molecule has 0 aliphatic carbocycles. The van der Waals surface area contributed by atoms with Crippen LogP contribution in [0.25, 0.3) is 0 Å². The summed E-state index contributed by atoms with van der Waals surface area (Å²) in [5.41, 5.74) is 2.20. The van der Waals surface area contributed by atoms with Crippen LogP contribution in [0.2, 0.25) is 0 Å². The summed E-state index contributed by atoms with van der Waals surface area (Å²) in [6, 6.07) is 7.84. The summed E-state index contributed by atoms with van der Waals surface area (Å²) >= 11 is 0. The first-order chi connectivity index (χ1) is 5.74. The maximum atomic E-state index is 8.63. The van der Waals surface area contributed by atoms with Crippen molar-refractivity contribution in [3.05, 3.63) is 35.4 Å². The van der Waals surface area contributed by atoms with Crippen LogP contribution < -0.4 is 0 Å². The normalized spacial score (nSPS) is 8.00. The van der Waals surface area contributed by atoms with Crippen molar-refractivity contribution in [3.8, 4) is 0 Å². The molecule has 0 aromatic heterocycles. The lowest BCUT2D eigenvalue weighted by atomic mass is 10.2. The van der Waals surface area contributed by atoms with Crippen molar-refractivity contribution in [3.63, 3.8) is 0 Å². The molecule has 0 atom stereocenters. The average Bonchev–Trinajstić information content (AvgIpc) is 2.07. The fourth-order valence-electron chi connectivity index (χ4n) is 0.693. The van der Waals surface area contributed by atoms with Gasteiger partial charge in [-0.25, -0.2) is 0 Å². The predicted molar refractivity (Wildman–Crippen MR) is 56.6 cm³/mol. The van der Waals surface area contributed by atoms with E-state index in [1.807, 2.05) is 31.2 Å². The van der Waals surface area contributed by atoms with Gasteiger partial charge in [0.05, 0.1) is 6.61 Å². The number of hydrogen-bond donors (Lipinski definition) is 2. The van der Waals surface area contributed by atoms with Gasteiger partial charge in [-0.2, -0.15) is 0 Å². The quantitative estimate of drug-likeness (QED) is 0.702. The number of aliphatic hydroxyl groups excluding tert-OH is 2. The van der Waals surface area contributed by atoms with Gasteiger partial charge in [-0.05, 0) is 19.4 Å². The lowest BCUT2D eigenvalue weighted by molar-refractivity contribution is 0.282. The molecule has 0 aliphatic rings. The van der Waals surface area contributed by atoms with Crippen molar-refractivity contribution in [2.45, 2.75) is 27.9 Å². The average molecular weight is 184 g/mol. The van der Waals surface area contributed by atoms with E-state index >= 15 is 0 Å². The molecule has 0 saturated heterocycles. The van der Waals surface area contributed by atoms with Crippen LogP contribution in [0.1, 0.15) is 25.5 Å². The van der Waals surface area contributed by atoms with Crippen LogP contribution in [0.15, 0.2) is 24.3 Å². The minimum atomic E-state index is 0. The third-order valence-electron chi connectivity index (χ3n) is 1.30. The van der Waals surface area contributed by atoms with Crippen LogP contribution in [-0.4, -0.2) is 16.8 Å². The third kappa shape index (κ3) is 7.50. The molecule has 0 unspecified atom stereocenters. The highest BCUT2D eigenvalue weighted by atomic mass is 16.3. The number of benzene rings is 1. The molecule has 13 heavy (non-hydrogen) atoms. The van der Waals surface area contributed by atoms with E-state index in [4.69, 9.17) is 10.2 Å². The van der Waals surface area contributed by atoms with Crippen molar-refractivity contribution in [1.82, 2.24) is 0 Å². The summed E-state index contributed by atoms with van der Waals surface area (Å²) in [6.07, 6.45) is 0. The van der Waals surface area contributed by atoms with Gasteiger partial charge in [-0.15, -0.1) is 0 Å². The summed E-state index contributed by atoms with van der Waals surface area (Å²) in [6.45, 7) is 4.10. The van der Waals surface area contributed by atoms with Crippen LogP contribution in [-0.2, 0) is 6.61 Å². The number of hydrogen-bond acceptors (Lipinski definition) is 2. The van der Waals surface area contributed by atoms with Gasteiger partial charge >= 0.3 is 0 Å². The van der Waals surface area contributed by atoms with E-state index in [1.54, 1.807) is 6.92 Å². The zero-order chi connectivity index (χ0) is 9.40. The fraction of sp³-hybridized carbons (Fsp3) is 0.455. The van der Waals surface area contributed by atoms with E-state index in [-0.39, 0.29) is 20.6 Å². The van der Waals surface area contributed by atoms with Gasteiger partial charge in [0, 0.05) is 6.61 Å². The van der Waals surface area contributed by atoms with Crippen LogP contribution in [0, 0.1) is 6.92 Å². The minimum Gasteiger partial charge on any atom is -0.397 e. The molecule has 0 bridgehead atoms. The first-order valence-corrected chi connectivity index (χ1v) is 4.01. The van der Waals surface area contributed by atoms with E-state index in [0.717, 1.165) is 5.56 Å². The lowest BCUT2D eigenvalue weighted by Gasteiger charge is -1.93. The van der Waals surface area contributed by atoms with Gasteiger partial charge < -0.3 is 10.2 Å². The molecule has 0 spiro atoms. The Balaban J connectivity index is 0. The molecule has 1 rings (SSSR count). The summed E-state index contributed by atoms with van der Waals surface area (Å²) < 4.78 is 0. The van der Waals surface area contributed by atoms with Crippen LogP contribution in [0.3, 0.4) is 0 Å². The predicted octanol–water partition coefficient (Wildman–Crippen LogP) is 2.12. The van der Waals surface area contributed by atoms with Gasteiger partial charge in [0.15, 0.2) is 0 Å². The second-order valence-electron chi connectivity index (χ2n) is 2.46. The van der Waals surface area contributed by atoms with Crippen LogP contribution in [0.4, 0.5) is 0 Å². The lowest BCUT2D eigenvalue weighted by Crippen LogP contribution is -1.80. The summed E-state index contributed by atoms with van der Waals surface area (Å²) in [7, 11) is 0. The molecular formula is C11H20O2. The van der Waals surface area contributed by atoms with E-state index in [1.165, 1.54) is 5.56 Å². The Kier molecular flexibility index (Phi) is 10.4. The SMILES string of the molecule is C.CCO.Cc1ccc(CO)cc1. The van der Waals surface area contributed by atoms with Crippen molar-refractivity contribution in [2.24, 2.45) is 0 Å². The van der Waals surface area contributed by atoms with E-state index in [2.05, 4.69) is 0 Å². The topological polar surface area (TPSA) is 40.5 Å². The molecule has 0 amide bonds. The highest BCUT2D eigenvalue weighted by Crippen LogP contribution is 2.01. The Morgan fingerprint density at radius 2 is 1.46 bits per heavy atom. The Labute approximate surface area is 80.9 Å². The zero-order valence-electron chi connectivity index (χ0n) is 7.62. The molecule has 1 aromatic carbocycles. The van der Waals surface area contributed by atoms with Gasteiger partial charge in [0.25, 0.3) is 0 Å². The first-order valence-electron chi connectivity index (χ1n) is 4.01. The van der Waals surface area contributed by atoms with Gasteiger partial charge in [-0.1, -0.05) is 37.3 Å². The molecule has 0 aliphatic heterocycles. The smallest absolute Gasteiger partial charge is 0.0681 e. The van der Waals surface area contributed by atoms with E-state index in [9.17, 15) is 0 Å². The number of aliphatic hydroxyl groups is 2. The second-order valence-corrected chi connectivity index (χ2v) is 2.46. The first kappa shape index (κ1) is 14.7. The molecule has 1 aromatic rings. The monoisotopic (exact) mass is 184 g/mol. The molecule has 2 N–H and O–H groups in total. The Morgan fingerprint density at radius 1 is 1.08 bits per heavy atom. The summed E-state index contributed by atoms with van der Waals surface area (Å²) in [5, 5.41) is 16.2. The molecule has 76 valence electrons. The molecule has 2 nitrogen and oxygen atoms in total. The van der Waals surface area contributed by atoms with Crippen molar-refractivity contribution in [1.29, 1.82) is 0 Å². The molecule has 0 heterocycles. The van der Waals surface area contributed by atoms with Gasteiger partial charge in [0.1, 0.15) is 0 Å². The zero-order valence-corrected chi connectivity index (χ0v) is 7.62. The highest BCUT2D eigenvalue weighted by molar-refractivity contribution is 5.20. The molecular weight excluding hydrogens is 164 g/mol. The number of rotatable bonds is 1. The van der Waals surface area contributed by atoms with Gasteiger partial charge in [-0.3, -0.25) is 0 Å². The van der Waals surface area contributed by atoms with E-state index < -0.39 is 0 Å². The molecule has 2 heteroatoms. The van der Waals surface area contributed by atoms with Gasteiger partial charge in [0.2, 0.25) is 0 Å². The minimum absolute atomic E-state index is 0. The summed E-state index contributed by atoms with van der Waals surface area (Å²) in [5.74, 6) is 0. The van der Waals surface area contributed by atoms with Crippen molar-refractivity contribution >= 4 is 0 Å². The van der Waals surface area contributed by atoms with Crippen LogP contribution >= 0.6 is 0 Å². The molecule has 0 saturated carbocycles. The van der Waals surface area contributed by atoms with Crippen molar-refractivity contribution in [2.75, 3.05) is 6.61 Å². The standard InChI is InChI=1S/C8H10O.C2H6O.CH4/c1-7-2-4-8(6-9)5-3-7;1-2-3;/h2-5,9H,6H2,1H3;3H,2H2,1H3;1H4. The molecule has 0 radical (unpaired) electrons. The third-order valence-corrected chi connectivity index (χ3v) is 1.30. The Hall–Kier alpha value is -0.860. The molecule has 0 fully saturated rings. The Morgan fingerprint density at radius 3 is 1.77 bits per heavy atom. The van der Waals surface area contributed by atoms with E-state index in [0.29, 0.717) is 0 Å². The van der Waals surface area contributed by atoms with Crippen LogP contribution in [0.5, 0.6) is 0 Å². The number of aryl methyl sites for hydroxylation is 1. The fourth-order valence-corrected chi connectivity index (χ4v) is 0.693. The largest absolute Gasteiger partial charge is 0.397 e. The second kappa shape index (κ2) is 9.23. The summed E-state index contributed by atoms with van der Waals surface area (Å²) in [4.78, 5) is 0. The highest BCUT2D eigenvalue weighted by Gasteiger charge is 1.85. The van der Waals surface area contributed by atoms with Crippen molar-refractivity contribution < 1.29 is 10.2 Å². The maximum Gasteiger partial charge on any atom is 0.0681 e. The Bertz CT molecular complexity index is 192.